The Labute approximate surface area is 253 Å². The number of hydrogen-bond donors (Lipinski definition) is 5. The standard InChI is InChI=1S/C32H45N3O8/c1-31(2,41)27(36)24-14-10-22(11-15-24)26(23-12-16-25(17-13-23)28(37)32(3,4)42)35(5)20-21-43-30(40)34-19-9-7-6-8-18-33-29(38)39/h10-17,26,33,41-42H,6-9,18-21H2,1-5H3,(H,34,40)(H,38,39). The molecule has 0 aliphatic rings. The molecule has 2 aromatic rings. The average molecular weight is 600 g/mol. The second kappa shape index (κ2) is 16.2. The number of aliphatic hydroxyl groups is 2. The van der Waals surface area contributed by atoms with E-state index in [-0.39, 0.29) is 12.6 Å². The van der Waals surface area contributed by atoms with Crippen molar-refractivity contribution >= 4 is 23.8 Å². The van der Waals surface area contributed by atoms with E-state index in [0.29, 0.717) is 30.8 Å². The summed E-state index contributed by atoms with van der Waals surface area (Å²) in [4.78, 5) is 49.6. The Hall–Kier alpha value is -3.80. The molecule has 0 aromatic heterocycles. The highest BCUT2D eigenvalue weighted by Gasteiger charge is 2.28. The quantitative estimate of drug-likeness (QED) is 0.133. The fourth-order valence-electron chi connectivity index (χ4n) is 4.49. The monoisotopic (exact) mass is 599 g/mol. The number of likely N-dealkylation sites (N-methyl/N-ethyl adjacent to an activating group) is 1. The molecule has 0 saturated heterocycles. The van der Waals surface area contributed by atoms with Gasteiger partial charge in [0.25, 0.3) is 0 Å². The van der Waals surface area contributed by atoms with Crippen molar-refractivity contribution < 1.29 is 39.2 Å². The van der Waals surface area contributed by atoms with Crippen molar-refractivity contribution in [1.29, 1.82) is 0 Å². The van der Waals surface area contributed by atoms with Crippen molar-refractivity contribution in [3.8, 4) is 0 Å². The van der Waals surface area contributed by atoms with E-state index in [9.17, 15) is 29.4 Å². The third kappa shape index (κ3) is 11.8. The number of rotatable bonds is 17. The van der Waals surface area contributed by atoms with Gasteiger partial charge in [0, 0.05) is 30.8 Å². The molecule has 2 amide bonds. The number of carbonyl (C=O) groups is 4. The molecule has 0 aliphatic heterocycles. The van der Waals surface area contributed by atoms with Gasteiger partial charge in [0.05, 0.1) is 6.04 Å². The van der Waals surface area contributed by atoms with Gasteiger partial charge in [-0.2, -0.15) is 0 Å². The van der Waals surface area contributed by atoms with E-state index < -0.39 is 35.0 Å². The van der Waals surface area contributed by atoms with Crippen LogP contribution in [0.4, 0.5) is 9.59 Å². The number of carboxylic acid groups (broad SMARTS) is 1. The Balaban J connectivity index is 2.04. The number of hydrogen-bond acceptors (Lipinski definition) is 8. The minimum atomic E-state index is -1.50. The van der Waals surface area contributed by atoms with Crippen LogP contribution in [0, 0.1) is 0 Å². The van der Waals surface area contributed by atoms with Crippen LogP contribution in [-0.2, 0) is 4.74 Å². The Morgan fingerprint density at radius 3 is 1.56 bits per heavy atom. The van der Waals surface area contributed by atoms with Gasteiger partial charge < -0.3 is 30.7 Å². The maximum absolute atomic E-state index is 12.5. The fraction of sp³-hybridized carbons (Fsp3) is 0.500. The molecule has 2 rings (SSSR count). The van der Waals surface area contributed by atoms with Gasteiger partial charge in [0.15, 0.2) is 11.6 Å². The summed E-state index contributed by atoms with van der Waals surface area (Å²) in [5, 5.41) is 33.8. The summed E-state index contributed by atoms with van der Waals surface area (Å²) < 4.78 is 5.37. The summed E-state index contributed by atoms with van der Waals surface area (Å²) >= 11 is 0. The van der Waals surface area contributed by atoms with Gasteiger partial charge >= 0.3 is 12.2 Å². The molecular formula is C32H45N3O8. The Kier molecular flexibility index (Phi) is 13.3. The minimum Gasteiger partial charge on any atom is -0.465 e. The van der Waals surface area contributed by atoms with Crippen LogP contribution in [0.15, 0.2) is 48.5 Å². The Morgan fingerprint density at radius 1 is 0.744 bits per heavy atom. The first-order valence-electron chi connectivity index (χ1n) is 14.4. The molecule has 0 heterocycles. The number of amides is 2. The molecule has 0 saturated carbocycles. The first kappa shape index (κ1) is 35.4. The normalized spacial score (nSPS) is 11.8. The van der Waals surface area contributed by atoms with Crippen LogP contribution in [-0.4, -0.2) is 88.5 Å². The van der Waals surface area contributed by atoms with Gasteiger partial charge in [-0.05, 0) is 58.7 Å². The summed E-state index contributed by atoms with van der Waals surface area (Å²) in [6.07, 6.45) is 1.63. The highest BCUT2D eigenvalue weighted by atomic mass is 16.5. The lowest BCUT2D eigenvalue weighted by molar-refractivity contribution is 0.0487. The van der Waals surface area contributed by atoms with E-state index in [0.717, 1.165) is 36.8 Å². The number of ketones is 2. The zero-order valence-corrected chi connectivity index (χ0v) is 25.7. The fourth-order valence-corrected chi connectivity index (χ4v) is 4.49. The van der Waals surface area contributed by atoms with E-state index in [4.69, 9.17) is 9.84 Å². The third-order valence-corrected chi connectivity index (χ3v) is 6.86. The average Bonchev–Trinajstić information content (AvgIpc) is 2.93. The first-order chi connectivity index (χ1) is 20.1. The summed E-state index contributed by atoms with van der Waals surface area (Å²) in [7, 11) is 1.87. The molecule has 0 spiro atoms. The number of Topliss-reactive ketones (excluding diaryl/α,β-unsaturated/α-hetero) is 2. The van der Waals surface area contributed by atoms with Crippen LogP contribution in [0.2, 0.25) is 0 Å². The molecular weight excluding hydrogens is 554 g/mol. The lowest BCUT2D eigenvalue weighted by atomic mass is 9.91. The second-order valence-corrected chi connectivity index (χ2v) is 11.6. The van der Waals surface area contributed by atoms with Gasteiger partial charge in [0.2, 0.25) is 0 Å². The summed E-state index contributed by atoms with van der Waals surface area (Å²) in [6.45, 7) is 7.11. The van der Waals surface area contributed by atoms with Crippen molar-refractivity contribution in [2.24, 2.45) is 0 Å². The van der Waals surface area contributed by atoms with Gasteiger partial charge in [-0.15, -0.1) is 0 Å². The highest BCUT2D eigenvalue weighted by molar-refractivity contribution is 6.02. The topological polar surface area (TPSA) is 165 Å². The molecule has 0 atom stereocenters. The van der Waals surface area contributed by atoms with Crippen LogP contribution in [0.25, 0.3) is 0 Å². The minimum absolute atomic E-state index is 0.115. The van der Waals surface area contributed by atoms with Crippen LogP contribution in [0.1, 0.15) is 91.3 Å². The maximum Gasteiger partial charge on any atom is 0.407 e. The molecule has 43 heavy (non-hydrogen) atoms. The molecule has 236 valence electrons. The van der Waals surface area contributed by atoms with Gasteiger partial charge in [-0.25, -0.2) is 9.59 Å². The molecule has 0 unspecified atom stereocenters. The predicted molar refractivity (Wildman–Crippen MR) is 162 cm³/mol. The van der Waals surface area contributed by atoms with E-state index >= 15 is 0 Å². The smallest absolute Gasteiger partial charge is 0.407 e. The number of nitrogens with one attached hydrogen (secondary N) is 2. The maximum atomic E-state index is 12.5. The molecule has 11 nitrogen and oxygen atoms in total. The zero-order valence-electron chi connectivity index (χ0n) is 25.7. The van der Waals surface area contributed by atoms with Crippen molar-refractivity contribution in [1.82, 2.24) is 15.5 Å². The first-order valence-corrected chi connectivity index (χ1v) is 14.4. The number of nitrogens with zero attached hydrogens (tertiary/aromatic N) is 1. The lowest BCUT2D eigenvalue weighted by Gasteiger charge is -2.29. The van der Waals surface area contributed by atoms with E-state index in [1.165, 1.54) is 27.7 Å². The number of alkyl carbamates (subject to hydrolysis) is 1. The van der Waals surface area contributed by atoms with Crippen molar-refractivity contribution in [3.63, 3.8) is 0 Å². The van der Waals surface area contributed by atoms with Crippen LogP contribution < -0.4 is 10.6 Å². The van der Waals surface area contributed by atoms with Gasteiger partial charge in [0.1, 0.15) is 17.8 Å². The Morgan fingerprint density at radius 2 is 1.16 bits per heavy atom. The number of carbonyl (C=O) groups excluding carboxylic acids is 3. The van der Waals surface area contributed by atoms with Gasteiger partial charge in [-0.3, -0.25) is 14.5 Å². The number of benzene rings is 2. The largest absolute Gasteiger partial charge is 0.465 e. The molecule has 0 fully saturated rings. The zero-order chi connectivity index (χ0) is 32.2. The van der Waals surface area contributed by atoms with Crippen molar-refractivity contribution in [3.05, 3.63) is 70.8 Å². The summed E-state index contributed by atoms with van der Waals surface area (Å²) in [5.41, 5.74) is -0.560. The summed E-state index contributed by atoms with van der Waals surface area (Å²) in [5.74, 6) is -0.791. The molecule has 0 bridgehead atoms. The Bertz CT molecular complexity index is 1150. The molecule has 5 N–H and O–H groups in total. The van der Waals surface area contributed by atoms with Crippen molar-refractivity contribution in [2.45, 2.75) is 70.6 Å². The molecule has 0 radical (unpaired) electrons. The third-order valence-electron chi connectivity index (χ3n) is 6.86. The molecule has 2 aromatic carbocycles. The molecule has 0 aliphatic carbocycles. The highest BCUT2D eigenvalue weighted by Crippen LogP contribution is 2.29. The van der Waals surface area contributed by atoms with E-state index in [2.05, 4.69) is 10.6 Å². The summed E-state index contributed by atoms with van der Waals surface area (Å²) in [6, 6.07) is 13.6. The lowest BCUT2D eigenvalue weighted by Crippen LogP contribution is -2.33. The predicted octanol–water partition coefficient (Wildman–Crippen LogP) is 4.17. The number of ether oxygens (including phenoxy) is 1. The van der Waals surface area contributed by atoms with Crippen molar-refractivity contribution in [2.75, 3.05) is 33.3 Å². The van der Waals surface area contributed by atoms with Gasteiger partial charge in [-0.1, -0.05) is 61.4 Å². The second-order valence-electron chi connectivity index (χ2n) is 11.6. The molecule has 11 heteroatoms. The van der Waals surface area contributed by atoms with Crippen LogP contribution >= 0.6 is 0 Å². The van der Waals surface area contributed by atoms with Crippen LogP contribution in [0.5, 0.6) is 0 Å². The number of unbranched alkanes of at least 4 members (excludes halogenated alkanes) is 3. The SMILES string of the molecule is CN(CCOC(=O)NCCCCCCNC(=O)O)C(c1ccc(C(=O)C(C)(C)O)cc1)c1ccc(C(=O)C(C)(C)O)cc1. The van der Waals surface area contributed by atoms with E-state index in [1.54, 1.807) is 48.5 Å². The van der Waals surface area contributed by atoms with Crippen LogP contribution in [0.3, 0.4) is 0 Å². The van der Waals surface area contributed by atoms with E-state index in [1.807, 2.05) is 11.9 Å².